The Balaban J connectivity index is 1.95. The number of hydrogen-bond donors (Lipinski definition) is 2. The molecular weight excluding hydrogens is 282 g/mol. The maximum absolute atomic E-state index is 13.8. The van der Waals surface area contributed by atoms with E-state index in [1.165, 1.54) is 24.3 Å². The summed E-state index contributed by atoms with van der Waals surface area (Å²) >= 11 is 0. The first-order valence-corrected chi connectivity index (χ1v) is 6.28. The lowest BCUT2D eigenvalue weighted by atomic mass is 10.1. The van der Waals surface area contributed by atoms with E-state index in [2.05, 4.69) is 4.98 Å². The van der Waals surface area contributed by atoms with Crippen molar-refractivity contribution >= 4 is 0 Å². The molecule has 0 bridgehead atoms. The molecule has 7 heteroatoms. The van der Waals surface area contributed by atoms with Crippen LogP contribution < -0.4 is 9.96 Å². The highest BCUT2D eigenvalue weighted by Gasteiger charge is 2.07. The number of nitrogens with zero attached hydrogens (tertiary/aromatic N) is 1. The molecule has 0 radical (unpaired) electrons. The van der Waals surface area contributed by atoms with Crippen LogP contribution in [0, 0.1) is 16.8 Å². The molecule has 0 fully saturated rings. The van der Waals surface area contributed by atoms with Gasteiger partial charge in [0.2, 0.25) is 0 Å². The molecule has 0 saturated carbocycles. The summed E-state index contributed by atoms with van der Waals surface area (Å²) in [6.45, 7) is -0.0369. The Morgan fingerprint density at radius 3 is 2.67 bits per heavy atom. The summed E-state index contributed by atoms with van der Waals surface area (Å²) in [4.78, 5) is 3.80. The molecule has 0 aliphatic rings. The third-order valence-electron chi connectivity index (χ3n) is 2.79. The van der Waals surface area contributed by atoms with Gasteiger partial charge >= 0.3 is 0 Å². The second-order valence-corrected chi connectivity index (χ2v) is 4.41. The molecule has 1 heterocycles. The molecule has 1 atom stereocenters. The Morgan fingerprint density at radius 2 is 2.05 bits per heavy atom. The quantitative estimate of drug-likeness (QED) is 0.787. The number of aromatic nitrogens is 1. The van der Waals surface area contributed by atoms with Gasteiger partial charge in [0.05, 0.1) is 11.9 Å². The number of quaternary nitrogens is 1. The Kier molecular flexibility index (Phi) is 5.15. The van der Waals surface area contributed by atoms with Gasteiger partial charge in [-0.05, 0) is 29.8 Å². The van der Waals surface area contributed by atoms with Gasteiger partial charge in [-0.2, -0.15) is 0 Å². The molecule has 5 nitrogen and oxygen atoms in total. The third kappa shape index (κ3) is 4.75. The number of pyridine rings is 1. The average Bonchev–Trinajstić information content (AvgIpc) is 2.46. The minimum atomic E-state index is -0.932. The molecule has 2 rings (SSSR count). The van der Waals surface area contributed by atoms with Gasteiger partial charge in [-0.15, -0.1) is 0 Å². The lowest BCUT2D eigenvalue weighted by molar-refractivity contribution is -1.05. The summed E-state index contributed by atoms with van der Waals surface area (Å²) in [7, 11) is 0. The monoisotopic (exact) mass is 296 g/mol. The van der Waals surface area contributed by atoms with Crippen molar-refractivity contribution in [3.05, 3.63) is 64.6 Å². The van der Waals surface area contributed by atoms with Crippen molar-refractivity contribution in [1.82, 2.24) is 4.98 Å². The molecule has 0 spiro atoms. The second kappa shape index (κ2) is 7.07. The first kappa shape index (κ1) is 15.3. The minimum Gasteiger partial charge on any atom is -0.600 e. The molecular formula is C14H14F2N2O3. The zero-order valence-electron chi connectivity index (χ0n) is 11.1. The van der Waals surface area contributed by atoms with E-state index in [0.29, 0.717) is 11.3 Å². The predicted octanol–water partition coefficient (Wildman–Crippen LogP) is 1.25. The van der Waals surface area contributed by atoms with Gasteiger partial charge in [0.1, 0.15) is 19.0 Å². The van der Waals surface area contributed by atoms with Crippen LogP contribution in [0.1, 0.15) is 11.3 Å². The number of halogens is 2. The minimum absolute atomic E-state index is 0.0195. The number of benzene rings is 1. The van der Waals surface area contributed by atoms with Crippen molar-refractivity contribution in [2.24, 2.45) is 0 Å². The first-order chi connectivity index (χ1) is 10.0. The number of nitrogens with one attached hydrogen (secondary N) is 1. The van der Waals surface area contributed by atoms with Crippen LogP contribution in [-0.4, -0.2) is 16.7 Å². The number of hydrogen-bond acceptors (Lipinski definition) is 4. The summed E-state index contributed by atoms with van der Waals surface area (Å²) in [5.41, 5.74) is 1.06. The normalized spacial score (nSPS) is 12.2. The summed E-state index contributed by atoms with van der Waals surface area (Å²) < 4.78 is 31.7. The predicted molar refractivity (Wildman–Crippen MR) is 69.6 cm³/mol. The van der Waals surface area contributed by atoms with Crippen LogP contribution in [0.25, 0.3) is 0 Å². The number of rotatable bonds is 6. The first-order valence-electron chi connectivity index (χ1n) is 6.28. The second-order valence-electron chi connectivity index (χ2n) is 4.41. The van der Waals surface area contributed by atoms with Gasteiger partial charge in [-0.1, -0.05) is 6.07 Å². The van der Waals surface area contributed by atoms with Crippen LogP contribution in [0.2, 0.25) is 0 Å². The van der Waals surface area contributed by atoms with Crippen LogP contribution in [-0.2, 0) is 13.0 Å². The number of hydroxylamine groups is 2. The largest absolute Gasteiger partial charge is 0.600 e. The summed E-state index contributed by atoms with van der Waals surface area (Å²) in [5, 5.41) is 18.1. The maximum atomic E-state index is 13.8. The Labute approximate surface area is 120 Å². The van der Waals surface area contributed by atoms with Gasteiger partial charge in [-0.25, -0.2) is 19.2 Å². The molecule has 0 amide bonds. The molecule has 21 heavy (non-hydrogen) atoms. The van der Waals surface area contributed by atoms with Gasteiger partial charge in [0.15, 0.2) is 11.6 Å². The van der Waals surface area contributed by atoms with Crippen molar-refractivity contribution < 1.29 is 24.0 Å². The van der Waals surface area contributed by atoms with Crippen molar-refractivity contribution in [1.29, 1.82) is 0 Å². The van der Waals surface area contributed by atoms with Crippen LogP contribution >= 0.6 is 0 Å². The van der Waals surface area contributed by atoms with Crippen LogP contribution in [0.4, 0.5) is 8.78 Å². The molecule has 1 aromatic carbocycles. The van der Waals surface area contributed by atoms with E-state index in [9.17, 15) is 14.0 Å². The van der Waals surface area contributed by atoms with E-state index in [1.807, 2.05) is 0 Å². The average molecular weight is 296 g/mol. The van der Waals surface area contributed by atoms with Crippen molar-refractivity contribution in [2.75, 3.05) is 6.54 Å². The molecule has 0 saturated heterocycles. The van der Waals surface area contributed by atoms with Crippen molar-refractivity contribution in [3.63, 3.8) is 0 Å². The zero-order chi connectivity index (χ0) is 15.2. The van der Waals surface area contributed by atoms with E-state index in [4.69, 9.17) is 9.94 Å². The highest BCUT2D eigenvalue weighted by atomic mass is 19.1. The standard InChI is InChI=1S/C14H14F2N2O3/c15-11-2-3-12(17-8-11)9-21-14-4-1-10(7-13(14)16)5-6-18(19)20/h1-4,7-8,18-19H,5-6,9H2. The highest BCUT2D eigenvalue weighted by molar-refractivity contribution is 5.29. The third-order valence-corrected chi connectivity index (χ3v) is 2.79. The Bertz CT molecular complexity index is 591. The summed E-state index contributed by atoms with van der Waals surface area (Å²) in [5.74, 6) is -0.979. The van der Waals surface area contributed by atoms with Gasteiger partial charge in [0, 0.05) is 6.42 Å². The fraction of sp³-hybridized carbons (Fsp3) is 0.214. The zero-order valence-corrected chi connectivity index (χ0v) is 11.1. The van der Waals surface area contributed by atoms with Crippen molar-refractivity contribution in [2.45, 2.75) is 13.0 Å². The molecule has 1 unspecified atom stereocenters. The van der Waals surface area contributed by atoms with Gasteiger partial charge in [-0.3, -0.25) is 4.98 Å². The highest BCUT2D eigenvalue weighted by Crippen LogP contribution is 2.19. The summed E-state index contributed by atoms with van der Waals surface area (Å²) in [6, 6.07) is 7.00. The number of ether oxygens (including phenoxy) is 1. The fourth-order valence-corrected chi connectivity index (χ4v) is 1.71. The lowest BCUT2D eigenvalue weighted by Gasteiger charge is -2.12. The molecule has 0 aliphatic heterocycles. The van der Waals surface area contributed by atoms with E-state index >= 15 is 0 Å². The van der Waals surface area contributed by atoms with Gasteiger partial charge in [0.25, 0.3) is 0 Å². The van der Waals surface area contributed by atoms with Crippen LogP contribution in [0.15, 0.2) is 36.5 Å². The topological polar surface area (TPSA) is 69.9 Å². The lowest BCUT2D eigenvalue weighted by Crippen LogP contribution is -3.04. The fourth-order valence-electron chi connectivity index (χ4n) is 1.71. The molecule has 2 aromatic rings. The Morgan fingerprint density at radius 1 is 1.24 bits per heavy atom. The van der Waals surface area contributed by atoms with E-state index in [1.54, 1.807) is 6.07 Å². The van der Waals surface area contributed by atoms with E-state index in [0.717, 1.165) is 6.20 Å². The van der Waals surface area contributed by atoms with Crippen molar-refractivity contribution in [3.8, 4) is 5.75 Å². The molecule has 112 valence electrons. The molecule has 0 aliphatic carbocycles. The van der Waals surface area contributed by atoms with Crippen LogP contribution in [0.3, 0.4) is 0 Å². The molecule has 2 N–H and O–H groups in total. The smallest absolute Gasteiger partial charge is 0.165 e. The Hall–Kier alpha value is -2.09. The summed E-state index contributed by atoms with van der Waals surface area (Å²) in [6.07, 6.45) is 1.32. The molecule has 1 aromatic heterocycles. The SMILES string of the molecule is [O-][NH+](O)CCc1ccc(OCc2ccc(F)cn2)c(F)c1. The van der Waals surface area contributed by atoms with Gasteiger partial charge < -0.3 is 9.94 Å². The van der Waals surface area contributed by atoms with E-state index < -0.39 is 16.9 Å². The maximum Gasteiger partial charge on any atom is 0.165 e. The van der Waals surface area contributed by atoms with E-state index in [-0.39, 0.29) is 25.3 Å². The van der Waals surface area contributed by atoms with Crippen LogP contribution in [0.5, 0.6) is 5.75 Å².